The third kappa shape index (κ3) is 5.18. The standard InChI is InChI=1S/C23H24N2O8/c1-2-33-18-8-6-15(7-9-18)21(27)19-20(16-4-3-5-17(14-16)25(30)31)24(23(29)22(19)28)10-12-32-13-11-26/h3-9,14,20,26-27H,2,10-13H2,1H3/b21-19+/t20-/m1/s1. The van der Waals surface area contributed by atoms with Crippen LogP contribution in [0.4, 0.5) is 5.69 Å². The van der Waals surface area contributed by atoms with Gasteiger partial charge in [0.15, 0.2) is 0 Å². The number of non-ortho nitro benzene ring substituents is 1. The molecular weight excluding hydrogens is 432 g/mol. The van der Waals surface area contributed by atoms with Crippen molar-refractivity contribution in [1.82, 2.24) is 4.90 Å². The minimum Gasteiger partial charge on any atom is -0.507 e. The highest BCUT2D eigenvalue weighted by atomic mass is 16.6. The first kappa shape index (κ1) is 23.9. The van der Waals surface area contributed by atoms with Crippen LogP contribution in [0.15, 0.2) is 54.1 Å². The molecule has 0 saturated carbocycles. The number of ether oxygens (including phenoxy) is 2. The van der Waals surface area contributed by atoms with Gasteiger partial charge in [0.1, 0.15) is 11.5 Å². The van der Waals surface area contributed by atoms with Gasteiger partial charge in [-0.05, 0) is 36.8 Å². The summed E-state index contributed by atoms with van der Waals surface area (Å²) in [4.78, 5) is 37.7. The second kappa shape index (κ2) is 10.7. The monoisotopic (exact) mass is 456 g/mol. The van der Waals surface area contributed by atoms with Gasteiger partial charge in [-0.1, -0.05) is 12.1 Å². The van der Waals surface area contributed by atoms with E-state index in [0.29, 0.717) is 23.5 Å². The number of Topliss-reactive ketones (excluding diaryl/α,β-unsaturated/α-hetero) is 1. The molecule has 3 rings (SSSR count). The molecule has 33 heavy (non-hydrogen) atoms. The van der Waals surface area contributed by atoms with Gasteiger partial charge in [-0.15, -0.1) is 0 Å². The number of aliphatic hydroxyl groups excluding tert-OH is 2. The molecule has 1 saturated heterocycles. The summed E-state index contributed by atoms with van der Waals surface area (Å²) in [5.74, 6) is -1.58. The summed E-state index contributed by atoms with van der Waals surface area (Å²) in [5, 5.41) is 31.2. The number of amides is 1. The van der Waals surface area contributed by atoms with Crippen molar-refractivity contribution in [2.75, 3.05) is 33.0 Å². The Bertz CT molecular complexity index is 1060. The summed E-state index contributed by atoms with van der Waals surface area (Å²) < 4.78 is 10.6. The van der Waals surface area contributed by atoms with Crippen molar-refractivity contribution in [2.24, 2.45) is 0 Å². The molecule has 0 radical (unpaired) electrons. The lowest BCUT2D eigenvalue weighted by Gasteiger charge is -2.25. The van der Waals surface area contributed by atoms with Crippen LogP contribution in [0.5, 0.6) is 5.75 Å². The zero-order valence-corrected chi connectivity index (χ0v) is 18.0. The number of benzene rings is 2. The van der Waals surface area contributed by atoms with Gasteiger partial charge in [0, 0.05) is 24.2 Å². The Labute approximate surface area is 189 Å². The van der Waals surface area contributed by atoms with Crippen LogP contribution in [0.25, 0.3) is 5.76 Å². The van der Waals surface area contributed by atoms with Gasteiger partial charge in [0.2, 0.25) is 0 Å². The first-order valence-corrected chi connectivity index (χ1v) is 10.3. The molecule has 1 aliphatic heterocycles. The zero-order valence-electron chi connectivity index (χ0n) is 18.0. The van der Waals surface area contributed by atoms with E-state index in [1.54, 1.807) is 30.3 Å². The van der Waals surface area contributed by atoms with Crippen LogP contribution >= 0.6 is 0 Å². The Kier molecular flexibility index (Phi) is 7.75. The predicted molar refractivity (Wildman–Crippen MR) is 118 cm³/mol. The van der Waals surface area contributed by atoms with E-state index in [1.807, 2.05) is 6.92 Å². The van der Waals surface area contributed by atoms with Gasteiger partial charge >= 0.3 is 0 Å². The lowest BCUT2D eigenvalue weighted by molar-refractivity contribution is -0.384. The van der Waals surface area contributed by atoms with Crippen LogP contribution in [0.2, 0.25) is 0 Å². The van der Waals surface area contributed by atoms with Gasteiger partial charge in [-0.3, -0.25) is 19.7 Å². The smallest absolute Gasteiger partial charge is 0.295 e. The van der Waals surface area contributed by atoms with Gasteiger partial charge in [-0.25, -0.2) is 0 Å². The first-order chi connectivity index (χ1) is 15.9. The largest absolute Gasteiger partial charge is 0.507 e. The molecule has 10 heteroatoms. The molecule has 10 nitrogen and oxygen atoms in total. The summed E-state index contributed by atoms with van der Waals surface area (Å²) in [6.07, 6.45) is 0. The van der Waals surface area contributed by atoms with Crippen LogP contribution in [0.1, 0.15) is 24.1 Å². The Balaban J connectivity index is 2.08. The Morgan fingerprint density at radius 2 is 1.88 bits per heavy atom. The summed E-state index contributed by atoms with van der Waals surface area (Å²) >= 11 is 0. The van der Waals surface area contributed by atoms with Crippen molar-refractivity contribution >= 4 is 23.1 Å². The van der Waals surface area contributed by atoms with Crippen LogP contribution in [-0.2, 0) is 14.3 Å². The molecule has 2 N–H and O–H groups in total. The number of nitro groups is 1. The molecule has 2 aromatic rings. The molecule has 0 aliphatic carbocycles. The summed E-state index contributed by atoms with van der Waals surface area (Å²) in [6.45, 7) is 2.16. The highest BCUT2D eigenvalue weighted by molar-refractivity contribution is 6.46. The number of aliphatic hydroxyl groups is 2. The first-order valence-electron chi connectivity index (χ1n) is 10.3. The maximum atomic E-state index is 12.9. The molecule has 0 bridgehead atoms. The van der Waals surface area contributed by atoms with Gasteiger partial charge in [0.05, 0.1) is 43.0 Å². The summed E-state index contributed by atoms with van der Waals surface area (Å²) in [7, 11) is 0. The fourth-order valence-electron chi connectivity index (χ4n) is 3.63. The second-order valence-electron chi connectivity index (χ2n) is 7.14. The fourth-order valence-corrected chi connectivity index (χ4v) is 3.63. The van der Waals surface area contributed by atoms with Crippen LogP contribution < -0.4 is 4.74 Å². The number of carbonyl (C=O) groups excluding carboxylic acids is 2. The zero-order chi connectivity index (χ0) is 24.0. The van der Waals surface area contributed by atoms with E-state index in [-0.39, 0.29) is 37.6 Å². The highest BCUT2D eigenvalue weighted by Crippen LogP contribution is 2.40. The Hall–Kier alpha value is -3.76. The van der Waals surface area contributed by atoms with E-state index in [4.69, 9.17) is 14.6 Å². The van der Waals surface area contributed by atoms with E-state index in [2.05, 4.69) is 0 Å². The van der Waals surface area contributed by atoms with E-state index < -0.39 is 28.4 Å². The molecule has 0 unspecified atom stereocenters. The minimum absolute atomic E-state index is 0.0159. The van der Waals surface area contributed by atoms with Crippen LogP contribution in [-0.4, -0.2) is 64.7 Å². The number of hydrogen-bond donors (Lipinski definition) is 2. The lowest BCUT2D eigenvalue weighted by Crippen LogP contribution is -2.33. The van der Waals surface area contributed by atoms with Crippen molar-refractivity contribution in [1.29, 1.82) is 0 Å². The number of carbonyl (C=O) groups is 2. The average Bonchev–Trinajstić information content (AvgIpc) is 3.07. The summed E-state index contributed by atoms with van der Waals surface area (Å²) in [6, 6.07) is 10.9. The topological polar surface area (TPSA) is 139 Å². The molecule has 2 aromatic carbocycles. The molecule has 1 fully saturated rings. The number of likely N-dealkylation sites (tertiary alicyclic amines) is 1. The van der Waals surface area contributed by atoms with Crippen molar-refractivity contribution < 1.29 is 34.2 Å². The molecule has 1 heterocycles. The quantitative estimate of drug-likeness (QED) is 0.139. The van der Waals surface area contributed by atoms with Crippen molar-refractivity contribution in [3.05, 3.63) is 75.3 Å². The second-order valence-corrected chi connectivity index (χ2v) is 7.14. The van der Waals surface area contributed by atoms with Gasteiger partial charge in [0.25, 0.3) is 17.4 Å². The predicted octanol–water partition coefficient (Wildman–Crippen LogP) is 2.42. The average molecular weight is 456 g/mol. The normalized spacial score (nSPS) is 17.4. The van der Waals surface area contributed by atoms with Crippen LogP contribution in [0.3, 0.4) is 0 Å². The number of nitro benzene ring substituents is 1. The maximum absolute atomic E-state index is 12.9. The minimum atomic E-state index is -1.05. The molecule has 1 amide bonds. The summed E-state index contributed by atoms with van der Waals surface area (Å²) in [5.41, 5.74) is 0.212. The van der Waals surface area contributed by atoms with Gasteiger partial charge in [-0.2, -0.15) is 0 Å². The molecule has 1 aliphatic rings. The number of hydrogen-bond acceptors (Lipinski definition) is 8. The third-order valence-corrected chi connectivity index (χ3v) is 5.09. The molecule has 174 valence electrons. The van der Waals surface area contributed by atoms with E-state index in [1.165, 1.54) is 23.1 Å². The van der Waals surface area contributed by atoms with Gasteiger partial charge < -0.3 is 24.6 Å². The Morgan fingerprint density at radius 3 is 2.52 bits per heavy atom. The van der Waals surface area contributed by atoms with E-state index in [0.717, 1.165) is 0 Å². The highest BCUT2D eigenvalue weighted by Gasteiger charge is 2.46. The van der Waals surface area contributed by atoms with E-state index in [9.17, 15) is 24.8 Å². The lowest BCUT2D eigenvalue weighted by atomic mass is 9.95. The van der Waals surface area contributed by atoms with Crippen molar-refractivity contribution in [3.63, 3.8) is 0 Å². The molecule has 0 aromatic heterocycles. The number of rotatable bonds is 10. The Morgan fingerprint density at radius 1 is 1.15 bits per heavy atom. The maximum Gasteiger partial charge on any atom is 0.295 e. The van der Waals surface area contributed by atoms with E-state index >= 15 is 0 Å². The SMILES string of the molecule is CCOc1ccc(/C(O)=C2\C(=O)C(=O)N(CCOCCO)[C@@H]2c2cccc([N+](=O)[O-])c2)cc1. The van der Waals surface area contributed by atoms with Crippen LogP contribution in [0, 0.1) is 10.1 Å². The number of ketones is 1. The molecule has 0 spiro atoms. The molecule has 1 atom stereocenters. The number of nitrogens with zero attached hydrogens (tertiary/aromatic N) is 2. The van der Waals surface area contributed by atoms with Crippen molar-refractivity contribution in [2.45, 2.75) is 13.0 Å². The molecular formula is C23H24N2O8. The fraction of sp³-hybridized carbons (Fsp3) is 0.304. The van der Waals surface area contributed by atoms with Crippen molar-refractivity contribution in [3.8, 4) is 5.75 Å². The third-order valence-electron chi connectivity index (χ3n) is 5.09.